The Labute approximate surface area is 147 Å². The van der Waals surface area contributed by atoms with Crippen LogP contribution in [0.3, 0.4) is 0 Å². The van der Waals surface area contributed by atoms with Gasteiger partial charge in [0.05, 0.1) is 25.8 Å². The van der Waals surface area contributed by atoms with Gasteiger partial charge in [-0.2, -0.15) is 0 Å². The van der Waals surface area contributed by atoms with Crippen LogP contribution < -0.4 is 10.2 Å². The smallest absolute Gasteiger partial charge is 0.341 e. The summed E-state index contributed by atoms with van der Waals surface area (Å²) < 4.78 is 4.96. The average molecular weight is 351 g/mol. The zero-order valence-corrected chi connectivity index (χ0v) is 15.4. The molecule has 2 aliphatic rings. The van der Waals surface area contributed by atoms with E-state index in [4.69, 9.17) is 4.74 Å². The maximum Gasteiger partial charge on any atom is 0.341 e. The van der Waals surface area contributed by atoms with Crippen LogP contribution in [0.2, 0.25) is 0 Å². The van der Waals surface area contributed by atoms with Crippen LogP contribution in [0.25, 0.3) is 0 Å². The van der Waals surface area contributed by atoms with Gasteiger partial charge in [0.1, 0.15) is 5.00 Å². The lowest BCUT2D eigenvalue weighted by Gasteiger charge is -2.27. The molecule has 2 atom stereocenters. The van der Waals surface area contributed by atoms with Crippen LogP contribution in [0.4, 0.5) is 5.00 Å². The SMILES string of the molecule is COC(=O)c1c(NC(=O)C[NH+]2CCC[C@H](C)C2)sc2c1CCCC2. The van der Waals surface area contributed by atoms with Gasteiger partial charge in [0, 0.05) is 10.8 Å². The highest BCUT2D eigenvalue weighted by Gasteiger charge is 2.28. The zero-order chi connectivity index (χ0) is 17.1. The fourth-order valence-corrected chi connectivity index (χ4v) is 5.22. The molecule has 0 spiro atoms. The molecule has 1 saturated heterocycles. The largest absolute Gasteiger partial charge is 0.465 e. The standard InChI is InChI=1S/C18H26N2O3S/c1-12-6-5-9-20(10-12)11-15(21)19-17-16(18(22)23-2)13-7-3-4-8-14(13)24-17/h12H,3-11H2,1-2H3,(H,19,21)/p+1/t12-/m0/s1. The van der Waals surface area contributed by atoms with Crippen LogP contribution in [0, 0.1) is 5.92 Å². The molecular formula is C18H27N2O3S+. The molecule has 1 unspecified atom stereocenters. The molecule has 6 heteroatoms. The fourth-order valence-electron chi connectivity index (χ4n) is 3.93. The van der Waals surface area contributed by atoms with Crippen molar-refractivity contribution < 1.29 is 19.2 Å². The molecule has 2 heterocycles. The lowest BCUT2D eigenvalue weighted by atomic mass is 9.95. The number of piperidine rings is 1. The molecule has 132 valence electrons. The molecule has 5 nitrogen and oxygen atoms in total. The number of methoxy groups -OCH3 is 1. The number of likely N-dealkylation sites (tertiary alicyclic amines) is 1. The van der Waals surface area contributed by atoms with E-state index < -0.39 is 0 Å². The number of amides is 1. The molecular weight excluding hydrogens is 324 g/mol. The van der Waals surface area contributed by atoms with Gasteiger partial charge in [-0.15, -0.1) is 11.3 Å². The summed E-state index contributed by atoms with van der Waals surface area (Å²) in [6.45, 7) is 4.84. The van der Waals surface area contributed by atoms with E-state index in [2.05, 4.69) is 12.2 Å². The molecule has 1 aromatic rings. The second kappa shape index (κ2) is 7.66. The Hall–Kier alpha value is -1.40. The van der Waals surface area contributed by atoms with Gasteiger partial charge in [0.15, 0.2) is 6.54 Å². The quantitative estimate of drug-likeness (QED) is 0.811. The normalized spacial score (nSPS) is 23.4. The molecule has 0 radical (unpaired) electrons. The summed E-state index contributed by atoms with van der Waals surface area (Å²) in [6, 6.07) is 0. The number of quaternary nitrogens is 1. The zero-order valence-electron chi connectivity index (χ0n) is 14.6. The highest BCUT2D eigenvalue weighted by molar-refractivity contribution is 7.17. The van der Waals surface area contributed by atoms with Gasteiger partial charge >= 0.3 is 5.97 Å². The lowest BCUT2D eigenvalue weighted by Crippen LogP contribution is -3.14. The van der Waals surface area contributed by atoms with Crippen LogP contribution in [-0.2, 0) is 22.4 Å². The van der Waals surface area contributed by atoms with E-state index in [1.54, 1.807) is 11.3 Å². The number of fused-ring (bicyclic) bond motifs is 1. The second-order valence-electron chi connectivity index (χ2n) is 7.08. The summed E-state index contributed by atoms with van der Waals surface area (Å²) in [5.74, 6) is 0.354. The third kappa shape index (κ3) is 3.81. The summed E-state index contributed by atoms with van der Waals surface area (Å²) in [5, 5.41) is 3.69. The van der Waals surface area contributed by atoms with Crippen molar-refractivity contribution in [3.8, 4) is 0 Å². The number of carbonyl (C=O) groups excluding carboxylic acids is 2. The fraction of sp³-hybridized carbons (Fsp3) is 0.667. The van der Waals surface area contributed by atoms with Crippen molar-refractivity contribution in [1.82, 2.24) is 0 Å². The van der Waals surface area contributed by atoms with E-state index in [1.807, 2.05) is 0 Å². The number of ether oxygens (including phenoxy) is 1. The van der Waals surface area contributed by atoms with Crippen molar-refractivity contribution >= 4 is 28.2 Å². The molecule has 3 rings (SSSR count). The third-order valence-corrected chi connectivity index (χ3v) is 6.30. The summed E-state index contributed by atoms with van der Waals surface area (Å²) >= 11 is 1.55. The van der Waals surface area contributed by atoms with Gasteiger partial charge in [-0.3, -0.25) is 4.79 Å². The second-order valence-corrected chi connectivity index (χ2v) is 8.19. The first-order valence-electron chi connectivity index (χ1n) is 8.94. The summed E-state index contributed by atoms with van der Waals surface area (Å²) in [6.07, 6.45) is 6.59. The van der Waals surface area contributed by atoms with Crippen molar-refractivity contribution in [2.75, 3.05) is 32.1 Å². The van der Waals surface area contributed by atoms with Crippen LogP contribution in [0.15, 0.2) is 0 Å². The summed E-state index contributed by atoms with van der Waals surface area (Å²) in [4.78, 5) is 27.3. The Kier molecular flexibility index (Phi) is 5.56. The molecule has 1 fully saturated rings. The number of hydrogen-bond acceptors (Lipinski definition) is 4. The minimum absolute atomic E-state index is 0.00264. The number of carbonyl (C=O) groups is 2. The molecule has 24 heavy (non-hydrogen) atoms. The van der Waals surface area contributed by atoms with E-state index in [9.17, 15) is 9.59 Å². The van der Waals surface area contributed by atoms with Crippen molar-refractivity contribution in [2.45, 2.75) is 45.4 Å². The first kappa shape index (κ1) is 17.4. The van der Waals surface area contributed by atoms with Crippen molar-refractivity contribution in [3.05, 3.63) is 16.0 Å². The van der Waals surface area contributed by atoms with Crippen LogP contribution in [0.1, 0.15) is 53.4 Å². The van der Waals surface area contributed by atoms with E-state index in [0.717, 1.165) is 44.3 Å². The van der Waals surface area contributed by atoms with Gasteiger partial charge in [0.2, 0.25) is 0 Å². The van der Waals surface area contributed by atoms with Gasteiger partial charge in [-0.05, 0) is 44.1 Å². The van der Waals surface area contributed by atoms with Crippen molar-refractivity contribution in [1.29, 1.82) is 0 Å². The van der Waals surface area contributed by atoms with E-state index >= 15 is 0 Å². The Morgan fingerprint density at radius 1 is 1.29 bits per heavy atom. The Morgan fingerprint density at radius 2 is 2.08 bits per heavy atom. The monoisotopic (exact) mass is 351 g/mol. The minimum Gasteiger partial charge on any atom is -0.465 e. The molecule has 1 aliphatic heterocycles. The Balaban J connectivity index is 1.73. The predicted molar refractivity (Wildman–Crippen MR) is 94.9 cm³/mol. The maximum atomic E-state index is 12.5. The first-order valence-corrected chi connectivity index (χ1v) is 9.76. The number of rotatable bonds is 4. The molecule has 1 aliphatic carbocycles. The molecule has 1 amide bonds. The highest BCUT2D eigenvalue weighted by Crippen LogP contribution is 2.38. The number of nitrogens with one attached hydrogen (secondary N) is 2. The lowest BCUT2D eigenvalue weighted by molar-refractivity contribution is -0.900. The number of thiophene rings is 1. The average Bonchev–Trinajstić information content (AvgIpc) is 2.91. The molecule has 1 aromatic heterocycles. The van der Waals surface area contributed by atoms with Crippen molar-refractivity contribution in [3.63, 3.8) is 0 Å². The molecule has 0 aromatic carbocycles. The third-order valence-electron chi connectivity index (χ3n) is 5.09. The summed E-state index contributed by atoms with van der Waals surface area (Å²) in [5.41, 5.74) is 1.68. The van der Waals surface area contributed by atoms with E-state index in [0.29, 0.717) is 23.0 Å². The van der Waals surface area contributed by atoms with Crippen molar-refractivity contribution in [2.24, 2.45) is 5.92 Å². The van der Waals surface area contributed by atoms with E-state index in [1.165, 1.54) is 29.7 Å². The highest BCUT2D eigenvalue weighted by atomic mass is 32.1. The van der Waals surface area contributed by atoms with E-state index in [-0.39, 0.29) is 11.9 Å². The Morgan fingerprint density at radius 3 is 2.83 bits per heavy atom. The predicted octanol–water partition coefficient (Wildman–Crippen LogP) is 1.67. The van der Waals surface area contributed by atoms with Crippen LogP contribution in [0.5, 0.6) is 0 Å². The van der Waals surface area contributed by atoms with Gasteiger partial charge in [-0.1, -0.05) is 6.92 Å². The number of esters is 1. The summed E-state index contributed by atoms with van der Waals surface area (Å²) in [7, 11) is 1.40. The van der Waals surface area contributed by atoms with Crippen LogP contribution in [-0.4, -0.2) is 38.6 Å². The van der Waals surface area contributed by atoms with Crippen LogP contribution >= 0.6 is 11.3 Å². The first-order chi connectivity index (χ1) is 11.6. The van der Waals surface area contributed by atoms with Gasteiger partial charge in [-0.25, -0.2) is 4.79 Å². The molecule has 0 saturated carbocycles. The Bertz CT molecular complexity index is 626. The maximum absolute atomic E-state index is 12.5. The molecule has 0 bridgehead atoms. The number of hydrogen-bond donors (Lipinski definition) is 2. The van der Waals surface area contributed by atoms with Gasteiger partial charge in [0.25, 0.3) is 5.91 Å². The number of anilines is 1. The number of aryl methyl sites for hydroxylation is 1. The minimum atomic E-state index is -0.330. The molecule has 2 N–H and O–H groups in total. The topological polar surface area (TPSA) is 59.8 Å². The van der Waals surface area contributed by atoms with Gasteiger partial charge < -0.3 is 15.0 Å².